The molecule has 0 atom stereocenters. The van der Waals surface area contributed by atoms with E-state index in [9.17, 15) is 4.79 Å². The van der Waals surface area contributed by atoms with E-state index in [1.165, 1.54) is 5.56 Å². The topological polar surface area (TPSA) is 83.6 Å². The molecule has 116 valence electrons. The third-order valence-corrected chi connectivity index (χ3v) is 3.50. The molecule has 1 amide bonds. The highest BCUT2D eigenvalue weighted by Gasteiger charge is 2.08. The fourth-order valence-corrected chi connectivity index (χ4v) is 2.30. The first-order valence-electron chi connectivity index (χ1n) is 7.50. The van der Waals surface area contributed by atoms with Gasteiger partial charge in [0.25, 0.3) is 5.91 Å². The maximum absolute atomic E-state index is 12.3. The largest absolute Gasteiger partial charge is 0.322 e. The normalized spacial score (nSPS) is 10.5. The van der Waals surface area contributed by atoms with Gasteiger partial charge >= 0.3 is 0 Å². The van der Waals surface area contributed by atoms with E-state index in [4.69, 9.17) is 0 Å². The predicted octanol–water partition coefficient (Wildman–Crippen LogP) is 3.07. The molecule has 0 spiro atoms. The van der Waals surface area contributed by atoms with Crippen molar-refractivity contribution in [3.63, 3.8) is 0 Å². The molecule has 1 aromatic heterocycles. The van der Waals surface area contributed by atoms with Crippen LogP contribution in [-0.4, -0.2) is 26.5 Å². The van der Waals surface area contributed by atoms with Crippen LogP contribution in [0.25, 0.3) is 11.4 Å². The zero-order valence-electron chi connectivity index (χ0n) is 12.8. The molecule has 0 radical (unpaired) electrons. The zero-order valence-corrected chi connectivity index (χ0v) is 12.8. The summed E-state index contributed by atoms with van der Waals surface area (Å²) >= 11 is 0. The first-order valence-corrected chi connectivity index (χ1v) is 7.50. The third-order valence-electron chi connectivity index (χ3n) is 3.50. The molecule has 0 unspecified atom stereocenters. The lowest BCUT2D eigenvalue weighted by atomic mass is 10.1. The predicted molar refractivity (Wildman–Crippen MR) is 88.0 cm³/mol. The summed E-state index contributed by atoms with van der Waals surface area (Å²) in [6, 6.07) is 15.0. The van der Waals surface area contributed by atoms with Crippen molar-refractivity contribution in [2.45, 2.75) is 19.8 Å². The molecule has 2 N–H and O–H groups in total. The number of aromatic nitrogens is 4. The average Bonchev–Trinajstić information content (AvgIpc) is 3.11. The van der Waals surface area contributed by atoms with Gasteiger partial charge in [-0.15, -0.1) is 10.2 Å². The summed E-state index contributed by atoms with van der Waals surface area (Å²) in [5.41, 5.74) is 3.45. The number of anilines is 1. The average molecular weight is 307 g/mol. The number of benzene rings is 2. The lowest BCUT2D eigenvalue weighted by Gasteiger charge is -2.07. The Kier molecular flexibility index (Phi) is 4.42. The van der Waals surface area contributed by atoms with Crippen molar-refractivity contribution >= 4 is 11.6 Å². The number of aryl methyl sites for hydroxylation is 1. The van der Waals surface area contributed by atoms with Crippen molar-refractivity contribution in [2.75, 3.05) is 5.32 Å². The van der Waals surface area contributed by atoms with Crippen molar-refractivity contribution in [3.05, 3.63) is 59.7 Å². The van der Waals surface area contributed by atoms with E-state index in [2.05, 4.69) is 32.9 Å². The zero-order chi connectivity index (χ0) is 16.1. The van der Waals surface area contributed by atoms with Gasteiger partial charge < -0.3 is 5.32 Å². The number of hydrogen-bond donors (Lipinski definition) is 2. The van der Waals surface area contributed by atoms with Gasteiger partial charge in [-0.3, -0.25) is 4.79 Å². The molecular weight excluding hydrogens is 290 g/mol. The Bertz CT molecular complexity index is 764. The number of nitrogens with one attached hydrogen (secondary N) is 2. The molecule has 6 nitrogen and oxygen atoms in total. The minimum absolute atomic E-state index is 0.145. The number of carbonyl (C=O) groups excluding carboxylic acids is 1. The highest BCUT2D eigenvalue weighted by molar-refractivity contribution is 6.04. The van der Waals surface area contributed by atoms with Crippen molar-refractivity contribution in [1.82, 2.24) is 20.6 Å². The van der Waals surface area contributed by atoms with Gasteiger partial charge in [0.1, 0.15) is 0 Å². The Labute approximate surface area is 133 Å². The van der Waals surface area contributed by atoms with Crippen molar-refractivity contribution in [1.29, 1.82) is 0 Å². The molecule has 6 heteroatoms. The molecule has 0 fully saturated rings. The second kappa shape index (κ2) is 6.83. The minimum atomic E-state index is -0.145. The van der Waals surface area contributed by atoms with Crippen LogP contribution in [-0.2, 0) is 6.42 Å². The molecular formula is C17H17N5O. The summed E-state index contributed by atoms with van der Waals surface area (Å²) < 4.78 is 0. The van der Waals surface area contributed by atoms with Crippen molar-refractivity contribution < 1.29 is 4.79 Å². The molecule has 0 bridgehead atoms. The molecule has 0 aliphatic carbocycles. The summed E-state index contributed by atoms with van der Waals surface area (Å²) in [6.07, 6.45) is 2.16. The van der Waals surface area contributed by atoms with E-state index in [0.717, 1.165) is 24.1 Å². The Balaban J connectivity index is 1.68. The SMILES string of the molecule is CCCc1ccc(NC(=O)c2ccc(-c3nn[nH]n3)cc2)cc1. The Hall–Kier alpha value is -3.02. The second-order valence-electron chi connectivity index (χ2n) is 5.21. The van der Waals surface area contributed by atoms with Crippen LogP contribution in [0.2, 0.25) is 0 Å². The van der Waals surface area contributed by atoms with Crippen LogP contribution in [0.15, 0.2) is 48.5 Å². The van der Waals surface area contributed by atoms with E-state index >= 15 is 0 Å². The first kappa shape index (κ1) is 14.9. The van der Waals surface area contributed by atoms with Crippen LogP contribution < -0.4 is 5.32 Å². The van der Waals surface area contributed by atoms with Gasteiger partial charge in [-0.05, 0) is 41.5 Å². The number of tetrazole rings is 1. The number of rotatable bonds is 5. The molecule has 2 aromatic carbocycles. The van der Waals surface area contributed by atoms with Gasteiger partial charge in [-0.25, -0.2) is 0 Å². The van der Waals surface area contributed by atoms with Crippen LogP contribution in [0.3, 0.4) is 0 Å². The number of nitrogens with zero attached hydrogens (tertiary/aromatic N) is 3. The summed E-state index contributed by atoms with van der Waals surface area (Å²) in [5.74, 6) is 0.358. The van der Waals surface area contributed by atoms with Crippen molar-refractivity contribution in [3.8, 4) is 11.4 Å². The molecule has 0 aliphatic heterocycles. The first-order chi connectivity index (χ1) is 11.3. The van der Waals surface area contributed by atoms with Crippen LogP contribution in [0.1, 0.15) is 29.3 Å². The number of carbonyl (C=O) groups is 1. The van der Waals surface area contributed by atoms with Crippen LogP contribution >= 0.6 is 0 Å². The van der Waals surface area contributed by atoms with Gasteiger partial charge in [0, 0.05) is 16.8 Å². The van der Waals surface area contributed by atoms with Crippen LogP contribution in [0, 0.1) is 0 Å². The quantitative estimate of drug-likeness (QED) is 0.758. The maximum Gasteiger partial charge on any atom is 0.255 e. The second-order valence-corrected chi connectivity index (χ2v) is 5.21. The smallest absolute Gasteiger partial charge is 0.255 e. The molecule has 0 saturated carbocycles. The highest BCUT2D eigenvalue weighted by Crippen LogP contribution is 2.16. The van der Waals surface area contributed by atoms with Crippen LogP contribution in [0.5, 0.6) is 0 Å². The van der Waals surface area contributed by atoms with Gasteiger partial charge in [0.05, 0.1) is 0 Å². The van der Waals surface area contributed by atoms with Gasteiger partial charge in [0.2, 0.25) is 5.82 Å². The summed E-state index contributed by atoms with van der Waals surface area (Å²) in [7, 11) is 0. The van der Waals surface area contributed by atoms with Gasteiger partial charge in [-0.2, -0.15) is 5.21 Å². The molecule has 23 heavy (non-hydrogen) atoms. The van der Waals surface area contributed by atoms with Crippen LogP contribution in [0.4, 0.5) is 5.69 Å². The number of aromatic amines is 1. The molecule has 0 saturated heterocycles. The molecule has 0 aliphatic rings. The fourth-order valence-electron chi connectivity index (χ4n) is 2.30. The molecule has 1 heterocycles. The van der Waals surface area contributed by atoms with E-state index in [-0.39, 0.29) is 5.91 Å². The van der Waals surface area contributed by atoms with Gasteiger partial charge in [-0.1, -0.05) is 37.6 Å². The minimum Gasteiger partial charge on any atom is -0.322 e. The number of H-pyrrole nitrogens is 1. The summed E-state index contributed by atoms with van der Waals surface area (Å²) in [5, 5.41) is 16.6. The standard InChI is InChI=1S/C17H17N5O/c1-2-3-12-4-10-15(11-5-12)18-17(23)14-8-6-13(7-9-14)16-19-21-22-20-16/h4-11H,2-3H2,1H3,(H,18,23)(H,19,20,21,22). The van der Waals surface area contributed by atoms with Gasteiger partial charge in [0.15, 0.2) is 0 Å². The Morgan fingerprint density at radius 1 is 1.09 bits per heavy atom. The van der Waals surface area contributed by atoms with Crippen molar-refractivity contribution in [2.24, 2.45) is 0 Å². The third kappa shape index (κ3) is 3.60. The molecule has 3 rings (SSSR count). The van der Waals surface area contributed by atoms with E-state index in [0.29, 0.717) is 11.4 Å². The lowest BCUT2D eigenvalue weighted by Crippen LogP contribution is -2.11. The lowest BCUT2D eigenvalue weighted by molar-refractivity contribution is 0.102. The van der Waals surface area contributed by atoms with E-state index in [1.807, 2.05) is 24.3 Å². The Morgan fingerprint density at radius 3 is 2.43 bits per heavy atom. The maximum atomic E-state index is 12.3. The monoisotopic (exact) mass is 307 g/mol. The summed E-state index contributed by atoms with van der Waals surface area (Å²) in [6.45, 7) is 2.15. The van der Waals surface area contributed by atoms with E-state index < -0.39 is 0 Å². The van der Waals surface area contributed by atoms with E-state index in [1.54, 1.807) is 24.3 Å². The highest BCUT2D eigenvalue weighted by atomic mass is 16.1. The summed E-state index contributed by atoms with van der Waals surface area (Å²) in [4.78, 5) is 12.3. The fraction of sp³-hybridized carbons (Fsp3) is 0.176. The number of amides is 1. The Morgan fingerprint density at radius 2 is 1.83 bits per heavy atom. The molecule has 3 aromatic rings. The number of hydrogen-bond acceptors (Lipinski definition) is 4.